The van der Waals surface area contributed by atoms with Crippen LogP contribution in [0.2, 0.25) is 0 Å². The lowest BCUT2D eigenvalue weighted by Crippen LogP contribution is -2.41. The van der Waals surface area contributed by atoms with Crippen molar-refractivity contribution in [1.29, 1.82) is 0 Å². The van der Waals surface area contributed by atoms with Crippen molar-refractivity contribution in [2.45, 2.75) is 25.4 Å². The lowest BCUT2D eigenvalue weighted by molar-refractivity contribution is 0.208. The van der Waals surface area contributed by atoms with Crippen LogP contribution in [0.15, 0.2) is 59.7 Å². The number of anilines is 1. The average Bonchev–Trinajstić information content (AvgIpc) is 3.09. The molecule has 118 valence electrons. The van der Waals surface area contributed by atoms with Crippen LogP contribution >= 0.6 is 0 Å². The van der Waals surface area contributed by atoms with E-state index in [1.54, 1.807) is 6.26 Å². The van der Waals surface area contributed by atoms with Crippen LogP contribution in [-0.2, 0) is 6.54 Å². The predicted octanol–water partition coefficient (Wildman–Crippen LogP) is 3.90. The van der Waals surface area contributed by atoms with Gasteiger partial charge in [-0.2, -0.15) is 0 Å². The van der Waals surface area contributed by atoms with Gasteiger partial charge < -0.3 is 9.73 Å². The quantitative estimate of drug-likeness (QED) is 0.793. The molecule has 3 aromatic rings. The molecule has 4 heteroatoms. The average molecular weight is 307 g/mol. The Kier molecular flexibility index (Phi) is 3.99. The molecule has 1 saturated heterocycles. The summed E-state index contributed by atoms with van der Waals surface area (Å²) in [5.74, 6) is 0. The van der Waals surface area contributed by atoms with Crippen LogP contribution in [0.3, 0.4) is 0 Å². The van der Waals surface area contributed by atoms with Crippen molar-refractivity contribution in [3.8, 4) is 0 Å². The van der Waals surface area contributed by atoms with Crippen molar-refractivity contribution >= 4 is 16.5 Å². The fourth-order valence-electron chi connectivity index (χ4n) is 3.43. The molecular formula is C19H21N3O. The van der Waals surface area contributed by atoms with E-state index >= 15 is 0 Å². The molecule has 1 atom stereocenters. The molecule has 2 aromatic heterocycles. The summed E-state index contributed by atoms with van der Waals surface area (Å²) in [6, 6.07) is 11.0. The molecule has 1 fully saturated rings. The Balaban J connectivity index is 1.47. The van der Waals surface area contributed by atoms with Gasteiger partial charge in [0.1, 0.15) is 0 Å². The number of nitrogens with zero attached hydrogens (tertiary/aromatic N) is 2. The second-order valence-electron chi connectivity index (χ2n) is 6.25. The Morgan fingerprint density at radius 1 is 1.26 bits per heavy atom. The summed E-state index contributed by atoms with van der Waals surface area (Å²) in [4.78, 5) is 6.71. The standard InChI is InChI=1S/C19H21N3O/c1-3-16-11-20-8-6-18(16)19(5-1)21-17-4-2-9-22(13-17)12-15-7-10-23-14-15/h1,3,5-8,10-11,14,17,21H,2,4,9,12-13H2. The number of rotatable bonds is 4. The fourth-order valence-corrected chi connectivity index (χ4v) is 3.43. The summed E-state index contributed by atoms with van der Waals surface area (Å²) in [7, 11) is 0. The molecule has 0 aliphatic carbocycles. The molecule has 0 radical (unpaired) electrons. The molecule has 1 aliphatic rings. The van der Waals surface area contributed by atoms with Crippen LogP contribution in [-0.4, -0.2) is 29.0 Å². The molecule has 4 rings (SSSR count). The zero-order valence-corrected chi connectivity index (χ0v) is 13.1. The maximum absolute atomic E-state index is 5.18. The molecule has 1 aliphatic heterocycles. The molecule has 4 nitrogen and oxygen atoms in total. The molecule has 23 heavy (non-hydrogen) atoms. The van der Waals surface area contributed by atoms with Gasteiger partial charge in [0, 0.05) is 53.5 Å². The van der Waals surface area contributed by atoms with Crippen molar-refractivity contribution in [3.63, 3.8) is 0 Å². The second-order valence-corrected chi connectivity index (χ2v) is 6.25. The summed E-state index contributed by atoms with van der Waals surface area (Å²) < 4.78 is 5.18. The minimum atomic E-state index is 0.481. The van der Waals surface area contributed by atoms with Gasteiger partial charge in [0.15, 0.2) is 0 Å². The number of furan rings is 1. The predicted molar refractivity (Wildman–Crippen MR) is 92.4 cm³/mol. The molecule has 0 bridgehead atoms. The number of benzene rings is 1. The number of nitrogens with one attached hydrogen (secondary N) is 1. The van der Waals surface area contributed by atoms with Crippen molar-refractivity contribution in [2.75, 3.05) is 18.4 Å². The van der Waals surface area contributed by atoms with Crippen molar-refractivity contribution in [2.24, 2.45) is 0 Å². The summed E-state index contributed by atoms with van der Waals surface area (Å²) in [6.07, 6.45) is 9.81. The van der Waals surface area contributed by atoms with Gasteiger partial charge in [0.25, 0.3) is 0 Å². The molecule has 1 unspecified atom stereocenters. The Hall–Kier alpha value is -2.33. The molecule has 0 spiro atoms. The summed E-state index contributed by atoms with van der Waals surface area (Å²) >= 11 is 0. The van der Waals surface area contributed by atoms with E-state index in [1.807, 2.05) is 18.7 Å². The number of aromatic nitrogens is 1. The van der Waals surface area contributed by atoms with Crippen LogP contribution in [0.1, 0.15) is 18.4 Å². The number of hydrogen-bond donors (Lipinski definition) is 1. The minimum absolute atomic E-state index is 0.481. The summed E-state index contributed by atoms with van der Waals surface area (Å²) in [6.45, 7) is 3.18. The zero-order valence-electron chi connectivity index (χ0n) is 13.1. The normalized spacial score (nSPS) is 19.0. The van der Waals surface area contributed by atoms with Gasteiger partial charge in [-0.1, -0.05) is 12.1 Å². The maximum Gasteiger partial charge on any atom is 0.0947 e. The molecule has 1 N–H and O–H groups in total. The van der Waals surface area contributed by atoms with E-state index < -0.39 is 0 Å². The first-order chi connectivity index (χ1) is 11.4. The van der Waals surface area contributed by atoms with E-state index in [-0.39, 0.29) is 0 Å². The fraction of sp³-hybridized carbons (Fsp3) is 0.316. The van der Waals surface area contributed by atoms with E-state index in [0.29, 0.717) is 6.04 Å². The molecule has 3 heterocycles. The monoisotopic (exact) mass is 307 g/mol. The van der Waals surface area contributed by atoms with Gasteiger partial charge in [0.05, 0.1) is 12.5 Å². The Morgan fingerprint density at radius 3 is 3.17 bits per heavy atom. The lowest BCUT2D eigenvalue weighted by Gasteiger charge is -2.33. The van der Waals surface area contributed by atoms with Gasteiger partial charge >= 0.3 is 0 Å². The van der Waals surface area contributed by atoms with Crippen LogP contribution in [0.4, 0.5) is 5.69 Å². The molecular weight excluding hydrogens is 286 g/mol. The van der Waals surface area contributed by atoms with Gasteiger partial charge in [-0.15, -0.1) is 0 Å². The lowest BCUT2D eigenvalue weighted by atomic mass is 10.0. The first-order valence-corrected chi connectivity index (χ1v) is 8.21. The number of pyridine rings is 1. The van der Waals surface area contributed by atoms with Crippen molar-refractivity contribution in [3.05, 3.63) is 60.8 Å². The SMILES string of the molecule is c1cc(NC2CCCN(Cc3ccoc3)C2)c2ccncc2c1. The third-order valence-corrected chi connectivity index (χ3v) is 4.53. The smallest absolute Gasteiger partial charge is 0.0947 e. The highest BCUT2D eigenvalue weighted by Gasteiger charge is 2.20. The molecule has 0 amide bonds. The largest absolute Gasteiger partial charge is 0.472 e. The van der Waals surface area contributed by atoms with E-state index in [9.17, 15) is 0 Å². The van der Waals surface area contributed by atoms with Gasteiger partial charge in [-0.3, -0.25) is 9.88 Å². The van der Waals surface area contributed by atoms with E-state index in [0.717, 1.165) is 19.6 Å². The Morgan fingerprint density at radius 2 is 2.26 bits per heavy atom. The van der Waals surface area contributed by atoms with Crippen LogP contribution in [0.5, 0.6) is 0 Å². The third kappa shape index (κ3) is 3.22. The van der Waals surface area contributed by atoms with Crippen LogP contribution in [0.25, 0.3) is 10.8 Å². The van der Waals surface area contributed by atoms with Crippen LogP contribution < -0.4 is 5.32 Å². The van der Waals surface area contributed by atoms with E-state index in [4.69, 9.17) is 4.42 Å². The van der Waals surface area contributed by atoms with E-state index in [1.165, 1.54) is 34.9 Å². The molecule has 0 saturated carbocycles. The second kappa shape index (κ2) is 6.42. The van der Waals surface area contributed by atoms with Gasteiger partial charge in [0.2, 0.25) is 0 Å². The number of likely N-dealkylation sites (tertiary alicyclic amines) is 1. The highest BCUT2D eigenvalue weighted by Crippen LogP contribution is 2.25. The zero-order chi connectivity index (χ0) is 15.5. The maximum atomic E-state index is 5.18. The van der Waals surface area contributed by atoms with Crippen molar-refractivity contribution < 1.29 is 4.42 Å². The Bertz CT molecular complexity index is 764. The summed E-state index contributed by atoms with van der Waals surface area (Å²) in [5, 5.41) is 6.17. The minimum Gasteiger partial charge on any atom is -0.472 e. The highest BCUT2D eigenvalue weighted by atomic mass is 16.3. The number of hydrogen-bond acceptors (Lipinski definition) is 4. The highest BCUT2D eigenvalue weighted by molar-refractivity contribution is 5.93. The Labute approximate surface area is 136 Å². The van der Waals surface area contributed by atoms with E-state index in [2.05, 4.69) is 45.5 Å². The third-order valence-electron chi connectivity index (χ3n) is 4.53. The van der Waals surface area contributed by atoms with Gasteiger partial charge in [-0.05, 0) is 37.6 Å². The molecule has 1 aromatic carbocycles. The number of piperidine rings is 1. The summed E-state index contributed by atoms with van der Waals surface area (Å²) in [5.41, 5.74) is 2.46. The topological polar surface area (TPSA) is 41.3 Å². The number of fused-ring (bicyclic) bond motifs is 1. The first kappa shape index (κ1) is 14.3. The first-order valence-electron chi connectivity index (χ1n) is 8.21. The van der Waals surface area contributed by atoms with Gasteiger partial charge in [-0.25, -0.2) is 0 Å². The van der Waals surface area contributed by atoms with Crippen LogP contribution in [0, 0.1) is 0 Å². The van der Waals surface area contributed by atoms with Crippen molar-refractivity contribution in [1.82, 2.24) is 9.88 Å².